The second kappa shape index (κ2) is 5.22. The zero-order valence-corrected chi connectivity index (χ0v) is 13.5. The molecule has 0 aliphatic rings. The molecule has 0 atom stereocenters. The van der Waals surface area contributed by atoms with Gasteiger partial charge in [-0.3, -0.25) is 4.79 Å². The van der Waals surface area contributed by atoms with Crippen molar-refractivity contribution < 1.29 is 4.79 Å². The zero-order chi connectivity index (χ0) is 12.6. The van der Waals surface area contributed by atoms with E-state index < -0.39 is 0 Å². The Balaban J connectivity index is 2.40. The Morgan fingerprint density at radius 1 is 1.24 bits per heavy atom. The summed E-state index contributed by atoms with van der Waals surface area (Å²) in [7, 11) is 0. The summed E-state index contributed by atoms with van der Waals surface area (Å²) < 4.78 is 1.76. The van der Waals surface area contributed by atoms with Crippen LogP contribution in [0.3, 0.4) is 0 Å². The third-order valence-corrected chi connectivity index (χ3v) is 5.63. The molecule has 2 rings (SSSR count). The van der Waals surface area contributed by atoms with Gasteiger partial charge in [-0.15, -0.1) is 11.3 Å². The average Bonchev–Trinajstić information content (AvgIpc) is 2.62. The molecular weight excluding hydrogens is 387 g/mol. The largest absolute Gasteiger partial charge is 0.288 e. The highest BCUT2D eigenvalue weighted by Gasteiger charge is 2.14. The maximum atomic E-state index is 12.2. The monoisotopic (exact) mass is 392 g/mol. The molecule has 1 nitrogen and oxygen atoms in total. The fourth-order valence-electron chi connectivity index (χ4n) is 1.35. The fraction of sp³-hybridized carbons (Fsp3) is 0.0833. The minimum atomic E-state index is -0.00167. The van der Waals surface area contributed by atoms with Gasteiger partial charge in [0.1, 0.15) is 0 Å². The minimum Gasteiger partial charge on any atom is -0.288 e. The summed E-state index contributed by atoms with van der Waals surface area (Å²) in [5, 5.41) is 0.545. The summed E-state index contributed by atoms with van der Waals surface area (Å²) in [5.41, 5.74) is 0.604. The van der Waals surface area contributed by atoms with E-state index in [0.717, 1.165) is 13.8 Å². The molecule has 0 aliphatic heterocycles. The standard InChI is InChI=1S/C12H7Br2ClOS/c1-6-9(14)5-11(17-6)12(16)7-2-3-8(13)10(15)4-7/h2-5H,1H3. The van der Waals surface area contributed by atoms with Gasteiger partial charge in [-0.2, -0.15) is 0 Å². The highest BCUT2D eigenvalue weighted by Crippen LogP contribution is 2.30. The fourth-order valence-corrected chi connectivity index (χ4v) is 3.28. The van der Waals surface area contributed by atoms with Crippen LogP contribution in [0.2, 0.25) is 5.02 Å². The Labute approximate surface area is 125 Å². The summed E-state index contributed by atoms with van der Waals surface area (Å²) in [6.07, 6.45) is 0. The van der Waals surface area contributed by atoms with E-state index in [2.05, 4.69) is 31.9 Å². The van der Waals surface area contributed by atoms with Gasteiger partial charge < -0.3 is 0 Å². The second-order valence-electron chi connectivity index (χ2n) is 3.47. The molecule has 0 bridgehead atoms. The number of halogens is 3. The molecule has 0 saturated carbocycles. The molecule has 1 heterocycles. The summed E-state index contributed by atoms with van der Waals surface area (Å²) in [6.45, 7) is 1.97. The molecule has 2 aromatic rings. The molecule has 1 aromatic carbocycles. The van der Waals surface area contributed by atoms with Crippen LogP contribution in [0, 0.1) is 6.92 Å². The Morgan fingerprint density at radius 2 is 1.94 bits per heavy atom. The van der Waals surface area contributed by atoms with E-state index in [9.17, 15) is 4.79 Å². The van der Waals surface area contributed by atoms with E-state index in [-0.39, 0.29) is 5.78 Å². The van der Waals surface area contributed by atoms with Crippen molar-refractivity contribution in [2.75, 3.05) is 0 Å². The lowest BCUT2D eigenvalue weighted by Crippen LogP contribution is -1.98. The van der Waals surface area contributed by atoms with Crippen LogP contribution in [0.25, 0.3) is 0 Å². The number of ketones is 1. The zero-order valence-electron chi connectivity index (χ0n) is 8.76. The van der Waals surface area contributed by atoms with Crippen molar-refractivity contribution in [1.82, 2.24) is 0 Å². The topological polar surface area (TPSA) is 17.1 Å². The van der Waals surface area contributed by atoms with Gasteiger partial charge in [-0.25, -0.2) is 0 Å². The van der Waals surface area contributed by atoms with Gasteiger partial charge in [0.2, 0.25) is 5.78 Å². The van der Waals surface area contributed by atoms with Gasteiger partial charge in [0.15, 0.2) is 0 Å². The Morgan fingerprint density at radius 3 is 2.47 bits per heavy atom. The number of aryl methyl sites for hydroxylation is 1. The first-order valence-electron chi connectivity index (χ1n) is 4.74. The number of hydrogen-bond donors (Lipinski definition) is 0. The lowest BCUT2D eigenvalue weighted by atomic mass is 10.1. The molecule has 0 radical (unpaired) electrons. The van der Waals surface area contributed by atoms with E-state index >= 15 is 0 Å². The lowest BCUT2D eigenvalue weighted by molar-refractivity contribution is 0.104. The molecular formula is C12H7Br2ClOS. The summed E-state index contributed by atoms with van der Waals surface area (Å²) in [4.78, 5) is 14.0. The van der Waals surface area contributed by atoms with E-state index in [0.29, 0.717) is 15.5 Å². The van der Waals surface area contributed by atoms with Crippen LogP contribution in [0.5, 0.6) is 0 Å². The predicted octanol–water partition coefficient (Wildman–Crippen LogP) is 5.47. The van der Waals surface area contributed by atoms with E-state index in [1.54, 1.807) is 18.2 Å². The van der Waals surface area contributed by atoms with Crippen molar-refractivity contribution >= 4 is 60.6 Å². The van der Waals surface area contributed by atoms with Gasteiger partial charge in [0.05, 0.1) is 9.90 Å². The number of hydrogen-bond acceptors (Lipinski definition) is 2. The minimum absolute atomic E-state index is 0.00167. The molecule has 5 heteroatoms. The number of carbonyl (C=O) groups excluding carboxylic acids is 1. The van der Waals surface area contributed by atoms with Crippen molar-refractivity contribution in [2.24, 2.45) is 0 Å². The van der Waals surface area contributed by atoms with Crippen molar-refractivity contribution in [3.63, 3.8) is 0 Å². The van der Waals surface area contributed by atoms with Gasteiger partial charge >= 0.3 is 0 Å². The van der Waals surface area contributed by atoms with Gasteiger partial charge in [-0.1, -0.05) is 11.6 Å². The molecule has 0 aliphatic carbocycles. The molecule has 0 N–H and O–H groups in total. The van der Waals surface area contributed by atoms with E-state index in [1.165, 1.54) is 11.3 Å². The van der Waals surface area contributed by atoms with Crippen LogP contribution in [0.4, 0.5) is 0 Å². The van der Waals surface area contributed by atoms with Crippen molar-refractivity contribution in [3.8, 4) is 0 Å². The third-order valence-electron chi connectivity index (χ3n) is 2.26. The molecule has 1 aromatic heterocycles. The van der Waals surface area contributed by atoms with Crippen LogP contribution >= 0.6 is 54.8 Å². The van der Waals surface area contributed by atoms with E-state index in [4.69, 9.17) is 11.6 Å². The first-order chi connectivity index (χ1) is 7.99. The summed E-state index contributed by atoms with van der Waals surface area (Å²) >= 11 is 14.2. The predicted molar refractivity (Wildman–Crippen MR) is 79.3 cm³/mol. The Hall–Kier alpha value is -0.160. The highest BCUT2D eigenvalue weighted by molar-refractivity contribution is 9.10. The van der Waals surface area contributed by atoms with E-state index in [1.807, 2.05) is 13.0 Å². The SMILES string of the molecule is Cc1sc(C(=O)c2ccc(Br)c(Cl)c2)cc1Br. The molecule has 0 saturated heterocycles. The highest BCUT2D eigenvalue weighted by atomic mass is 79.9. The molecule has 0 fully saturated rings. The van der Waals surface area contributed by atoms with Gasteiger partial charge in [-0.05, 0) is 63.0 Å². The smallest absolute Gasteiger partial charge is 0.203 e. The summed E-state index contributed by atoms with van der Waals surface area (Å²) in [6, 6.07) is 7.07. The molecule has 17 heavy (non-hydrogen) atoms. The molecule has 0 amide bonds. The quantitative estimate of drug-likeness (QED) is 0.618. The summed E-state index contributed by atoms with van der Waals surface area (Å²) in [5.74, 6) is -0.00167. The molecule has 88 valence electrons. The first-order valence-corrected chi connectivity index (χ1v) is 7.53. The molecule has 0 spiro atoms. The second-order valence-corrected chi connectivity index (χ2v) is 6.84. The van der Waals surface area contributed by atoms with Crippen LogP contribution in [0.15, 0.2) is 33.2 Å². The van der Waals surface area contributed by atoms with Crippen molar-refractivity contribution in [2.45, 2.75) is 6.92 Å². The Kier molecular flexibility index (Phi) is 4.08. The maximum Gasteiger partial charge on any atom is 0.203 e. The number of benzene rings is 1. The van der Waals surface area contributed by atoms with Gasteiger partial charge in [0, 0.05) is 19.4 Å². The van der Waals surface area contributed by atoms with Crippen LogP contribution in [-0.4, -0.2) is 5.78 Å². The van der Waals surface area contributed by atoms with Crippen LogP contribution < -0.4 is 0 Å². The van der Waals surface area contributed by atoms with Crippen LogP contribution in [-0.2, 0) is 0 Å². The first kappa shape index (κ1) is 13.3. The Bertz CT molecular complexity index is 573. The maximum absolute atomic E-state index is 12.2. The van der Waals surface area contributed by atoms with Crippen LogP contribution in [0.1, 0.15) is 20.1 Å². The van der Waals surface area contributed by atoms with Crippen molar-refractivity contribution in [3.05, 3.63) is 53.6 Å². The average molecular weight is 395 g/mol. The number of carbonyl (C=O) groups is 1. The normalized spacial score (nSPS) is 10.6. The third kappa shape index (κ3) is 2.81. The number of thiophene rings is 1. The lowest BCUT2D eigenvalue weighted by Gasteiger charge is -2.00. The van der Waals surface area contributed by atoms with Crippen molar-refractivity contribution in [1.29, 1.82) is 0 Å². The number of rotatable bonds is 2. The molecule has 0 unspecified atom stereocenters. The van der Waals surface area contributed by atoms with Gasteiger partial charge in [0.25, 0.3) is 0 Å².